The fourth-order valence-electron chi connectivity index (χ4n) is 1.28. The van der Waals surface area contributed by atoms with E-state index in [9.17, 15) is 0 Å². The molecule has 0 amide bonds. The maximum absolute atomic E-state index is 5.11. The summed E-state index contributed by atoms with van der Waals surface area (Å²) in [6, 6.07) is 0. The summed E-state index contributed by atoms with van der Waals surface area (Å²) in [5, 5.41) is 0. The van der Waals surface area contributed by atoms with Gasteiger partial charge in [0, 0.05) is 0 Å². The monoisotopic (exact) mass is 110 g/mol. The van der Waals surface area contributed by atoms with Gasteiger partial charge in [0.2, 0.25) is 0 Å². The van der Waals surface area contributed by atoms with E-state index < -0.39 is 0 Å². The summed E-state index contributed by atoms with van der Waals surface area (Å²) in [6.07, 6.45) is 6.74. The van der Waals surface area contributed by atoms with E-state index in [0.717, 1.165) is 18.4 Å². The zero-order chi connectivity index (χ0) is 5.40. The summed E-state index contributed by atoms with van der Waals surface area (Å²) in [5.41, 5.74) is 0. The lowest BCUT2D eigenvalue weighted by Crippen LogP contribution is -1.85. The standard InChI is InChI=1S/C7H10O/c1-3-8-4-2-7-5-6(1)7/h1,3,6-7H,2,4-5H2. The molecule has 0 radical (unpaired) electrons. The maximum atomic E-state index is 5.11. The van der Waals surface area contributed by atoms with E-state index >= 15 is 0 Å². The minimum atomic E-state index is 0.887. The first-order chi connectivity index (χ1) is 3.97. The molecule has 44 valence electrons. The van der Waals surface area contributed by atoms with Crippen molar-refractivity contribution >= 4 is 0 Å². The Bertz CT molecular complexity index is 118. The molecule has 0 aromatic heterocycles. The van der Waals surface area contributed by atoms with Gasteiger partial charge in [-0.1, -0.05) is 0 Å². The lowest BCUT2D eigenvalue weighted by molar-refractivity contribution is 0.243. The van der Waals surface area contributed by atoms with Gasteiger partial charge in [-0.2, -0.15) is 0 Å². The number of hydrogen-bond acceptors (Lipinski definition) is 1. The minimum absolute atomic E-state index is 0.887. The SMILES string of the molecule is C1=CC2CC2CCO1. The van der Waals surface area contributed by atoms with E-state index in [1.807, 2.05) is 6.26 Å². The van der Waals surface area contributed by atoms with Gasteiger partial charge in [0.1, 0.15) is 0 Å². The van der Waals surface area contributed by atoms with Crippen molar-refractivity contribution in [1.29, 1.82) is 0 Å². The van der Waals surface area contributed by atoms with Crippen molar-refractivity contribution in [3.05, 3.63) is 12.3 Å². The summed E-state index contributed by atoms with van der Waals surface area (Å²) in [5.74, 6) is 1.87. The molecule has 1 aliphatic heterocycles. The molecule has 0 N–H and O–H groups in total. The highest BCUT2D eigenvalue weighted by Gasteiger charge is 2.35. The van der Waals surface area contributed by atoms with Crippen LogP contribution in [-0.4, -0.2) is 6.61 Å². The molecule has 2 aliphatic rings. The first-order valence-electron chi connectivity index (χ1n) is 3.25. The molecule has 2 unspecified atom stereocenters. The van der Waals surface area contributed by atoms with Crippen LogP contribution in [0.25, 0.3) is 0 Å². The summed E-state index contributed by atoms with van der Waals surface area (Å²) in [7, 11) is 0. The van der Waals surface area contributed by atoms with Crippen molar-refractivity contribution in [3.63, 3.8) is 0 Å². The number of rotatable bonds is 0. The minimum Gasteiger partial charge on any atom is -0.502 e. The van der Waals surface area contributed by atoms with Crippen LogP contribution in [0, 0.1) is 11.8 Å². The van der Waals surface area contributed by atoms with E-state index in [0.29, 0.717) is 0 Å². The number of hydrogen-bond donors (Lipinski definition) is 0. The van der Waals surface area contributed by atoms with Gasteiger partial charge in [0.25, 0.3) is 0 Å². The molecule has 1 aliphatic carbocycles. The van der Waals surface area contributed by atoms with Gasteiger partial charge in [-0.25, -0.2) is 0 Å². The van der Waals surface area contributed by atoms with Crippen LogP contribution >= 0.6 is 0 Å². The largest absolute Gasteiger partial charge is 0.502 e. The van der Waals surface area contributed by atoms with Crippen molar-refractivity contribution in [1.82, 2.24) is 0 Å². The smallest absolute Gasteiger partial charge is 0.0876 e. The number of allylic oxidation sites excluding steroid dienone is 1. The Balaban J connectivity index is 2.03. The van der Waals surface area contributed by atoms with E-state index in [1.54, 1.807) is 0 Å². The Morgan fingerprint density at radius 1 is 1.50 bits per heavy atom. The number of fused-ring (bicyclic) bond motifs is 1. The lowest BCUT2D eigenvalue weighted by Gasteiger charge is -1.93. The van der Waals surface area contributed by atoms with Gasteiger partial charge < -0.3 is 4.74 Å². The van der Waals surface area contributed by atoms with Crippen LogP contribution in [-0.2, 0) is 4.74 Å². The van der Waals surface area contributed by atoms with Crippen molar-refractivity contribution in [2.45, 2.75) is 12.8 Å². The van der Waals surface area contributed by atoms with Crippen LogP contribution < -0.4 is 0 Å². The van der Waals surface area contributed by atoms with Gasteiger partial charge >= 0.3 is 0 Å². The molecular formula is C7H10O. The highest BCUT2D eigenvalue weighted by molar-refractivity contribution is 5.01. The van der Waals surface area contributed by atoms with E-state index in [4.69, 9.17) is 4.74 Å². The molecule has 0 saturated heterocycles. The second-order valence-corrected chi connectivity index (χ2v) is 2.65. The molecule has 8 heavy (non-hydrogen) atoms. The van der Waals surface area contributed by atoms with Crippen LogP contribution in [0.2, 0.25) is 0 Å². The van der Waals surface area contributed by atoms with Crippen molar-refractivity contribution in [2.75, 3.05) is 6.61 Å². The molecule has 1 saturated carbocycles. The number of ether oxygens (including phenoxy) is 1. The van der Waals surface area contributed by atoms with Crippen molar-refractivity contribution < 1.29 is 4.74 Å². The Morgan fingerprint density at radius 3 is 3.50 bits per heavy atom. The Kier molecular flexibility index (Phi) is 0.833. The fourth-order valence-corrected chi connectivity index (χ4v) is 1.28. The Morgan fingerprint density at radius 2 is 2.50 bits per heavy atom. The average molecular weight is 110 g/mol. The molecular weight excluding hydrogens is 100 g/mol. The molecule has 1 heterocycles. The quantitative estimate of drug-likeness (QED) is 0.459. The maximum Gasteiger partial charge on any atom is 0.0876 e. The first kappa shape index (κ1) is 4.42. The topological polar surface area (TPSA) is 9.23 Å². The third-order valence-corrected chi connectivity index (χ3v) is 2.01. The Labute approximate surface area is 49.3 Å². The van der Waals surface area contributed by atoms with Crippen LogP contribution in [0.1, 0.15) is 12.8 Å². The first-order valence-corrected chi connectivity index (χ1v) is 3.25. The zero-order valence-corrected chi connectivity index (χ0v) is 4.84. The van der Waals surface area contributed by atoms with Crippen LogP contribution in [0.5, 0.6) is 0 Å². The van der Waals surface area contributed by atoms with Gasteiger partial charge in [0.05, 0.1) is 12.9 Å². The van der Waals surface area contributed by atoms with Crippen LogP contribution in [0.3, 0.4) is 0 Å². The van der Waals surface area contributed by atoms with E-state index in [1.165, 1.54) is 12.8 Å². The molecule has 2 atom stereocenters. The third kappa shape index (κ3) is 0.623. The fraction of sp³-hybridized carbons (Fsp3) is 0.714. The summed E-state index contributed by atoms with van der Waals surface area (Å²) >= 11 is 0. The molecule has 1 heteroatoms. The normalized spacial score (nSPS) is 42.0. The van der Waals surface area contributed by atoms with Gasteiger partial charge in [-0.05, 0) is 30.8 Å². The summed E-state index contributed by atoms with van der Waals surface area (Å²) < 4.78 is 5.11. The van der Waals surface area contributed by atoms with Gasteiger partial charge in [-0.15, -0.1) is 0 Å². The van der Waals surface area contributed by atoms with Crippen molar-refractivity contribution in [3.8, 4) is 0 Å². The average Bonchev–Trinajstić information content (AvgIpc) is 2.36. The van der Waals surface area contributed by atoms with E-state index in [-0.39, 0.29) is 0 Å². The van der Waals surface area contributed by atoms with Crippen molar-refractivity contribution in [2.24, 2.45) is 11.8 Å². The second-order valence-electron chi connectivity index (χ2n) is 2.65. The molecule has 0 bridgehead atoms. The van der Waals surface area contributed by atoms with E-state index in [2.05, 4.69) is 6.08 Å². The molecule has 0 aromatic carbocycles. The summed E-state index contributed by atoms with van der Waals surface area (Å²) in [4.78, 5) is 0. The van der Waals surface area contributed by atoms with Crippen LogP contribution in [0.4, 0.5) is 0 Å². The Hall–Kier alpha value is -0.460. The predicted octanol–water partition coefficient (Wildman–Crippen LogP) is 1.56. The summed E-state index contributed by atoms with van der Waals surface area (Å²) in [6.45, 7) is 0.942. The highest BCUT2D eigenvalue weighted by Crippen LogP contribution is 2.43. The zero-order valence-electron chi connectivity index (χ0n) is 4.84. The predicted molar refractivity (Wildman–Crippen MR) is 31.3 cm³/mol. The van der Waals surface area contributed by atoms with Gasteiger partial charge in [-0.3, -0.25) is 0 Å². The third-order valence-electron chi connectivity index (χ3n) is 2.01. The molecule has 0 spiro atoms. The lowest BCUT2D eigenvalue weighted by atomic mass is 10.2. The molecule has 2 rings (SSSR count). The molecule has 1 nitrogen and oxygen atoms in total. The van der Waals surface area contributed by atoms with Crippen LogP contribution in [0.15, 0.2) is 12.3 Å². The highest BCUT2D eigenvalue weighted by atomic mass is 16.5. The molecule has 0 aromatic rings. The van der Waals surface area contributed by atoms with Gasteiger partial charge in [0.15, 0.2) is 0 Å². The second kappa shape index (κ2) is 1.51. The molecule has 1 fully saturated rings.